The molecule has 0 atom stereocenters. The molecule has 0 spiro atoms. The third-order valence-corrected chi connectivity index (χ3v) is 8.95. The van der Waals surface area contributed by atoms with Gasteiger partial charge in [-0.2, -0.15) is 0 Å². The first-order valence-corrected chi connectivity index (χ1v) is 19.3. The average molecular weight is 757 g/mol. The predicted molar refractivity (Wildman–Crippen MR) is 216 cm³/mol. The Kier molecular flexibility index (Phi) is 18.6. The van der Waals surface area contributed by atoms with Gasteiger partial charge in [-0.15, -0.1) is 0 Å². The van der Waals surface area contributed by atoms with Crippen molar-refractivity contribution in [3.8, 4) is 11.5 Å². The zero-order valence-corrected chi connectivity index (χ0v) is 32.1. The molecule has 4 aromatic rings. The fourth-order valence-corrected chi connectivity index (χ4v) is 5.97. The first-order valence-electron chi connectivity index (χ1n) is 19.3. The zero-order valence-electron chi connectivity index (χ0n) is 32.1. The van der Waals surface area contributed by atoms with Gasteiger partial charge in [0.15, 0.2) is 0 Å². The van der Waals surface area contributed by atoms with Crippen LogP contribution in [0.3, 0.4) is 0 Å². The molecule has 0 saturated carbocycles. The van der Waals surface area contributed by atoms with Crippen LogP contribution in [0, 0.1) is 0 Å². The smallest absolute Gasteiger partial charge is 0.224 e. The van der Waals surface area contributed by atoms with Gasteiger partial charge in [-0.05, 0) is 76.1 Å². The SMILES string of the molecule is COc1cc(NC(=O)CCC(=O)NCCCNCCCCCCCNCCCNC(=O)CCC(=O)Nc2cc(OC)cc3cccnc23)c2ncccc2c1. The first-order chi connectivity index (χ1) is 26.9. The highest BCUT2D eigenvalue weighted by molar-refractivity contribution is 6.02. The predicted octanol–water partition coefficient (Wildman–Crippen LogP) is 5.08. The van der Waals surface area contributed by atoms with Crippen molar-refractivity contribution in [3.05, 3.63) is 60.9 Å². The summed E-state index contributed by atoms with van der Waals surface area (Å²) in [6, 6.07) is 14.6. The van der Waals surface area contributed by atoms with Crippen LogP contribution in [0.4, 0.5) is 11.4 Å². The van der Waals surface area contributed by atoms with Gasteiger partial charge in [0, 0.05) is 74.1 Å². The Morgan fingerprint density at radius 3 is 1.35 bits per heavy atom. The maximum absolute atomic E-state index is 12.5. The highest BCUT2D eigenvalue weighted by Crippen LogP contribution is 2.29. The lowest BCUT2D eigenvalue weighted by Crippen LogP contribution is -2.28. The lowest BCUT2D eigenvalue weighted by atomic mass is 10.1. The summed E-state index contributed by atoms with van der Waals surface area (Å²) in [5.74, 6) is 0.466. The highest BCUT2D eigenvalue weighted by atomic mass is 16.5. The van der Waals surface area contributed by atoms with Crippen molar-refractivity contribution in [2.75, 3.05) is 64.1 Å². The van der Waals surface area contributed by atoms with Crippen molar-refractivity contribution in [1.29, 1.82) is 0 Å². The van der Waals surface area contributed by atoms with Crippen molar-refractivity contribution in [2.24, 2.45) is 0 Å². The summed E-state index contributed by atoms with van der Waals surface area (Å²) in [4.78, 5) is 58.2. The van der Waals surface area contributed by atoms with Crippen molar-refractivity contribution in [2.45, 2.75) is 70.6 Å². The van der Waals surface area contributed by atoms with E-state index in [-0.39, 0.29) is 49.3 Å². The first kappa shape index (κ1) is 42.4. The second-order valence-electron chi connectivity index (χ2n) is 13.3. The number of anilines is 2. The molecular weight excluding hydrogens is 701 g/mol. The number of rotatable bonds is 26. The number of amides is 4. The number of carbonyl (C=O) groups is 4. The van der Waals surface area contributed by atoms with E-state index in [4.69, 9.17) is 9.47 Å². The molecule has 2 heterocycles. The van der Waals surface area contributed by atoms with Gasteiger partial charge in [0.25, 0.3) is 0 Å². The molecule has 0 aliphatic carbocycles. The van der Waals surface area contributed by atoms with Gasteiger partial charge in [0.1, 0.15) is 11.5 Å². The molecule has 0 unspecified atom stereocenters. The minimum atomic E-state index is -0.248. The van der Waals surface area contributed by atoms with Crippen LogP contribution in [0.2, 0.25) is 0 Å². The number of methoxy groups -OCH3 is 2. The summed E-state index contributed by atoms with van der Waals surface area (Å²) in [6.45, 7) is 4.70. The lowest BCUT2D eigenvalue weighted by molar-refractivity contribution is -0.124. The molecule has 0 saturated heterocycles. The molecular formula is C41H56N8O6. The quantitative estimate of drug-likeness (QED) is 0.0473. The van der Waals surface area contributed by atoms with Crippen molar-refractivity contribution >= 4 is 56.8 Å². The lowest BCUT2D eigenvalue weighted by Gasteiger charge is -2.11. The third-order valence-electron chi connectivity index (χ3n) is 8.95. The van der Waals surface area contributed by atoms with Crippen molar-refractivity contribution in [3.63, 3.8) is 0 Å². The molecule has 14 nitrogen and oxygen atoms in total. The third kappa shape index (κ3) is 15.5. The monoisotopic (exact) mass is 756 g/mol. The number of hydrogen-bond acceptors (Lipinski definition) is 10. The number of nitrogens with one attached hydrogen (secondary N) is 6. The molecule has 0 aliphatic heterocycles. The number of hydrogen-bond donors (Lipinski definition) is 6. The Balaban J connectivity index is 0.897. The van der Waals surface area contributed by atoms with Crippen LogP contribution in [-0.4, -0.2) is 87.1 Å². The summed E-state index contributed by atoms with van der Waals surface area (Å²) >= 11 is 0. The van der Waals surface area contributed by atoms with Gasteiger partial charge in [-0.1, -0.05) is 31.4 Å². The van der Waals surface area contributed by atoms with E-state index < -0.39 is 0 Å². The molecule has 55 heavy (non-hydrogen) atoms. The number of benzene rings is 2. The average Bonchev–Trinajstić information content (AvgIpc) is 3.20. The molecule has 6 N–H and O–H groups in total. The topological polar surface area (TPSA) is 185 Å². The zero-order chi connectivity index (χ0) is 39.1. The van der Waals surface area contributed by atoms with E-state index in [0.717, 1.165) is 62.6 Å². The minimum absolute atomic E-state index is 0.0830. The van der Waals surface area contributed by atoms with Crippen molar-refractivity contribution < 1.29 is 28.7 Å². The van der Waals surface area contributed by atoms with E-state index in [1.54, 1.807) is 38.7 Å². The van der Waals surface area contributed by atoms with E-state index in [0.29, 0.717) is 47.0 Å². The Morgan fingerprint density at radius 1 is 0.509 bits per heavy atom. The molecule has 0 aliphatic rings. The van der Waals surface area contributed by atoms with E-state index in [2.05, 4.69) is 41.9 Å². The Hall–Kier alpha value is -5.34. The largest absolute Gasteiger partial charge is 0.497 e. The van der Waals surface area contributed by atoms with Gasteiger partial charge in [-0.25, -0.2) is 0 Å². The minimum Gasteiger partial charge on any atom is -0.497 e. The van der Waals surface area contributed by atoms with Crippen LogP contribution in [-0.2, 0) is 19.2 Å². The van der Waals surface area contributed by atoms with E-state index in [9.17, 15) is 19.2 Å². The molecule has 2 aromatic heterocycles. The van der Waals surface area contributed by atoms with E-state index >= 15 is 0 Å². The standard InChI is InChI=1S/C41H56N8O6/c1-54-32-26-30-12-8-22-46-40(30)34(28-32)48-38(52)16-14-36(50)44-24-10-20-42-18-6-4-3-5-7-19-43-21-11-25-45-37(51)15-17-39(53)49-35-29-33(55-2)27-31-13-9-23-47-41(31)35/h8-9,12-13,22-23,26-29,42-43H,3-7,10-11,14-21,24-25H2,1-2H3,(H,44,50)(H,45,51)(H,48,52)(H,49,53). The summed E-state index contributed by atoms with van der Waals surface area (Å²) < 4.78 is 10.7. The molecule has 2 aromatic carbocycles. The number of ether oxygens (including phenoxy) is 2. The summed E-state index contributed by atoms with van der Waals surface area (Å²) in [5.41, 5.74) is 2.47. The van der Waals surface area contributed by atoms with Crippen LogP contribution >= 0.6 is 0 Å². The highest BCUT2D eigenvalue weighted by Gasteiger charge is 2.13. The van der Waals surface area contributed by atoms with Crippen LogP contribution in [0.25, 0.3) is 21.8 Å². The van der Waals surface area contributed by atoms with E-state index in [1.807, 2.05) is 36.4 Å². The summed E-state index contributed by atoms with van der Waals surface area (Å²) in [7, 11) is 3.14. The normalized spacial score (nSPS) is 10.9. The van der Waals surface area contributed by atoms with Gasteiger partial charge in [0.05, 0.1) is 36.6 Å². The maximum Gasteiger partial charge on any atom is 0.224 e. The molecule has 0 fully saturated rings. The second kappa shape index (κ2) is 24.1. The molecule has 0 radical (unpaired) electrons. The maximum atomic E-state index is 12.5. The fraction of sp³-hybridized carbons (Fsp3) is 0.463. The van der Waals surface area contributed by atoms with Crippen LogP contribution in [0.1, 0.15) is 70.6 Å². The molecule has 4 amide bonds. The molecule has 296 valence electrons. The van der Waals surface area contributed by atoms with E-state index in [1.165, 1.54) is 19.3 Å². The van der Waals surface area contributed by atoms with Gasteiger partial charge in [0.2, 0.25) is 23.6 Å². The summed E-state index contributed by atoms with van der Waals surface area (Å²) in [5, 5.41) is 20.1. The number of carbonyl (C=O) groups excluding carboxylic acids is 4. The Bertz CT molecular complexity index is 1710. The van der Waals surface area contributed by atoms with Gasteiger partial charge in [-0.3, -0.25) is 29.1 Å². The van der Waals surface area contributed by atoms with Crippen molar-refractivity contribution in [1.82, 2.24) is 31.2 Å². The van der Waals surface area contributed by atoms with Crippen LogP contribution in [0.5, 0.6) is 11.5 Å². The molecule has 0 bridgehead atoms. The number of nitrogens with zero attached hydrogens (tertiary/aromatic N) is 2. The molecule has 14 heteroatoms. The van der Waals surface area contributed by atoms with Crippen LogP contribution in [0.15, 0.2) is 60.9 Å². The number of aromatic nitrogens is 2. The Labute approximate surface area is 323 Å². The molecule has 4 rings (SSSR count). The second-order valence-corrected chi connectivity index (χ2v) is 13.3. The number of fused-ring (bicyclic) bond motifs is 2. The number of unbranched alkanes of at least 4 members (excludes halogenated alkanes) is 4. The fourth-order valence-electron chi connectivity index (χ4n) is 5.97. The Morgan fingerprint density at radius 2 is 0.909 bits per heavy atom. The summed E-state index contributed by atoms with van der Waals surface area (Å²) in [6.07, 6.45) is 11.2. The van der Waals surface area contributed by atoms with Gasteiger partial charge < -0.3 is 41.4 Å². The number of pyridine rings is 2. The van der Waals surface area contributed by atoms with Gasteiger partial charge >= 0.3 is 0 Å². The van der Waals surface area contributed by atoms with Crippen LogP contribution < -0.4 is 41.4 Å².